The molecule has 20 heavy (non-hydrogen) atoms. The smallest absolute Gasteiger partial charge is 0.323 e. The zero-order valence-electron chi connectivity index (χ0n) is 13.2. The second-order valence-corrected chi connectivity index (χ2v) is 6.29. The average molecular weight is 282 g/mol. The van der Waals surface area contributed by atoms with Gasteiger partial charge in [-0.15, -0.1) is 0 Å². The molecule has 1 saturated carbocycles. The fourth-order valence-electron chi connectivity index (χ4n) is 3.37. The van der Waals surface area contributed by atoms with Crippen molar-refractivity contribution in [3.8, 4) is 0 Å². The Morgan fingerprint density at radius 1 is 1.15 bits per heavy atom. The lowest BCUT2D eigenvalue weighted by atomic mass is 9.78. The second kappa shape index (κ2) is 5.98. The van der Waals surface area contributed by atoms with E-state index < -0.39 is 17.4 Å². The summed E-state index contributed by atoms with van der Waals surface area (Å²) in [6.07, 6.45) is 0.863. The maximum Gasteiger partial charge on any atom is 0.323 e. The third kappa shape index (κ3) is 2.89. The second-order valence-electron chi connectivity index (χ2n) is 6.29. The van der Waals surface area contributed by atoms with Crippen molar-refractivity contribution in [2.45, 2.75) is 47.5 Å². The van der Waals surface area contributed by atoms with E-state index in [2.05, 4.69) is 20.4 Å². The fraction of sp³-hybridized carbons (Fsp3) is 0.750. The first kappa shape index (κ1) is 16.7. The number of esters is 2. The quantitative estimate of drug-likeness (QED) is 0.442. The van der Waals surface area contributed by atoms with Crippen LogP contribution in [-0.4, -0.2) is 25.2 Å². The Balaban J connectivity index is 3.18. The number of carbonyl (C=O) groups is 2. The molecule has 1 aliphatic carbocycles. The Hall–Kier alpha value is -1.32. The van der Waals surface area contributed by atoms with Crippen LogP contribution in [0.1, 0.15) is 47.5 Å². The van der Waals surface area contributed by atoms with Gasteiger partial charge in [0.1, 0.15) is 0 Å². The van der Waals surface area contributed by atoms with Crippen LogP contribution in [0.5, 0.6) is 0 Å². The Morgan fingerprint density at radius 3 is 1.90 bits per heavy atom. The van der Waals surface area contributed by atoms with Crippen molar-refractivity contribution in [3.05, 3.63) is 12.2 Å². The van der Waals surface area contributed by atoms with Gasteiger partial charge in [0, 0.05) is 0 Å². The first-order valence-electron chi connectivity index (χ1n) is 7.21. The van der Waals surface area contributed by atoms with Crippen LogP contribution in [0.4, 0.5) is 0 Å². The molecule has 0 aliphatic heterocycles. The molecule has 114 valence electrons. The van der Waals surface area contributed by atoms with Gasteiger partial charge in [-0.2, -0.15) is 0 Å². The predicted octanol–water partition coefficient (Wildman–Crippen LogP) is 3.11. The highest BCUT2D eigenvalue weighted by molar-refractivity contribution is 6.00. The maximum atomic E-state index is 12.4. The third-order valence-electron chi connectivity index (χ3n) is 4.18. The molecular formula is C16H26O4. The monoisotopic (exact) mass is 282 g/mol. The first-order chi connectivity index (χ1) is 9.21. The van der Waals surface area contributed by atoms with Crippen LogP contribution in [0, 0.1) is 16.7 Å². The zero-order chi connectivity index (χ0) is 15.6. The van der Waals surface area contributed by atoms with Gasteiger partial charge in [0.2, 0.25) is 0 Å². The normalized spacial score (nSPS) is 23.1. The van der Waals surface area contributed by atoms with Gasteiger partial charge in [0.15, 0.2) is 5.41 Å². The molecule has 0 bridgehead atoms. The molecule has 0 aromatic rings. The molecule has 1 aliphatic rings. The SMILES string of the molecule is C=C(C)[C@@H]1CC(C(=O)OCC)(C(=O)OCC)CC1(C)C. The number of carbonyl (C=O) groups excluding carboxylic acids is 2. The van der Waals surface area contributed by atoms with Crippen molar-refractivity contribution in [1.29, 1.82) is 0 Å². The van der Waals surface area contributed by atoms with Crippen LogP contribution in [0.15, 0.2) is 12.2 Å². The van der Waals surface area contributed by atoms with Crippen LogP contribution in [0.25, 0.3) is 0 Å². The number of allylic oxidation sites excluding steroid dienone is 1. The molecule has 4 nitrogen and oxygen atoms in total. The van der Waals surface area contributed by atoms with Gasteiger partial charge >= 0.3 is 11.9 Å². The highest BCUT2D eigenvalue weighted by Gasteiger charge is 2.60. The lowest BCUT2D eigenvalue weighted by Gasteiger charge is -2.27. The van der Waals surface area contributed by atoms with E-state index in [1.807, 2.05) is 6.92 Å². The molecule has 0 aromatic carbocycles. The predicted molar refractivity (Wildman–Crippen MR) is 77.0 cm³/mol. The largest absolute Gasteiger partial charge is 0.465 e. The average Bonchev–Trinajstić information content (AvgIpc) is 2.63. The summed E-state index contributed by atoms with van der Waals surface area (Å²) in [4.78, 5) is 24.8. The van der Waals surface area contributed by atoms with Crippen molar-refractivity contribution in [1.82, 2.24) is 0 Å². The Labute approximate surface area is 121 Å². The minimum atomic E-state index is -1.18. The van der Waals surface area contributed by atoms with Gasteiger partial charge in [-0.1, -0.05) is 26.0 Å². The zero-order valence-corrected chi connectivity index (χ0v) is 13.2. The molecule has 0 spiro atoms. The lowest BCUT2D eigenvalue weighted by Crippen LogP contribution is -2.40. The van der Waals surface area contributed by atoms with Crippen LogP contribution < -0.4 is 0 Å². The summed E-state index contributed by atoms with van der Waals surface area (Å²) in [7, 11) is 0. The van der Waals surface area contributed by atoms with Gasteiger partial charge < -0.3 is 9.47 Å². The van der Waals surface area contributed by atoms with Crippen molar-refractivity contribution in [2.24, 2.45) is 16.7 Å². The van der Waals surface area contributed by atoms with Crippen molar-refractivity contribution < 1.29 is 19.1 Å². The van der Waals surface area contributed by atoms with Crippen LogP contribution in [0.2, 0.25) is 0 Å². The minimum Gasteiger partial charge on any atom is -0.465 e. The highest BCUT2D eigenvalue weighted by Crippen LogP contribution is 2.56. The molecule has 4 heteroatoms. The summed E-state index contributed by atoms with van der Waals surface area (Å²) >= 11 is 0. The molecule has 0 saturated heterocycles. The third-order valence-corrected chi connectivity index (χ3v) is 4.18. The number of hydrogen-bond acceptors (Lipinski definition) is 4. The number of hydrogen-bond donors (Lipinski definition) is 0. The molecule has 0 amide bonds. The fourth-order valence-corrected chi connectivity index (χ4v) is 3.37. The molecule has 0 aromatic heterocycles. The van der Waals surface area contributed by atoms with Crippen LogP contribution >= 0.6 is 0 Å². The summed E-state index contributed by atoms with van der Waals surface area (Å²) in [6, 6.07) is 0. The molecule has 1 fully saturated rings. The van der Waals surface area contributed by atoms with E-state index in [-0.39, 0.29) is 24.5 Å². The van der Waals surface area contributed by atoms with E-state index in [0.29, 0.717) is 12.8 Å². The van der Waals surface area contributed by atoms with E-state index in [1.54, 1.807) is 13.8 Å². The van der Waals surface area contributed by atoms with Crippen LogP contribution in [0.3, 0.4) is 0 Å². The Morgan fingerprint density at radius 2 is 1.60 bits per heavy atom. The summed E-state index contributed by atoms with van der Waals surface area (Å²) in [5, 5.41) is 0. The maximum absolute atomic E-state index is 12.4. The molecule has 0 unspecified atom stereocenters. The molecule has 1 atom stereocenters. The van der Waals surface area contributed by atoms with Gasteiger partial charge in [-0.05, 0) is 44.9 Å². The Kier molecular flexibility index (Phi) is 5.00. The molecule has 1 rings (SSSR count). The minimum absolute atomic E-state index is 0.108. The molecular weight excluding hydrogens is 256 g/mol. The van der Waals surface area contributed by atoms with E-state index in [9.17, 15) is 9.59 Å². The van der Waals surface area contributed by atoms with Gasteiger partial charge in [0.05, 0.1) is 13.2 Å². The van der Waals surface area contributed by atoms with E-state index >= 15 is 0 Å². The van der Waals surface area contributed by atoms with E-state index in [1.165, 1.54) is 0 Å². The van der Waals surface area contributed by atoms with E-state index in [4.69, 9.17) is 9.47 Å². The summed E-state index contributed by atoms with van der Waals surface area (Å²) in [5.74, 6) is -0.818. The van der Waals surface area contributed by atoms with E-state index in [0.717, 1.165) is 5.57 Å². The van der Waals surface area contributed by atoms with Crippen molar-refractivity contribution in [3.63, 3.8) is 0 Å². The number of rotatable bonds is 5. The van der Waals surface area contributed by atoms with Crippen LogP contribution in [-0.2, 0) is 19.1 Å². The summed E-state index contributed by atoms with van der Waals surface area (Å²) < 4.78 is 10.3. The van der Waals surface area contributed by atoms with Crippen molar-refractivity contribution in [2.75, 3.05) is 13.2 Å². The standard InChI is InChI=1S/C16H26O4/c1-7-19-13(17)16(14(18)20-8-2)9-12(11(3)4)15(5,6)10-16/h12H,3,7-10H2,1-2,4-6H3/t12-/m0/s1. The summed E-state index contributed by atoms with van der Waals surface area (Å²) in [6.45, 7) is 14.1. The molecule has 0 N–H and O–H groups in total. The molecule has 0 radical (unpaired) electrons. The van der Waals surface area contributed by atoms with Gasteiger partial charge in [-0.3, -0.25) is 9.59 Å². The molecule has 0 heterocycles. The van der Waals surface area contributed by atoms with Gasteiger partial charge in [0.25, 0.3) is 0 Å². The lowest BCUT2D eigenvalue weighted by molar-refractivity contribution is -0.172. The summed E-state index contributed by atoms with van der Waals surface area (Å²) in [5.41, 5.74) is -0.365. The Bertz CT molecular complexity index is 391. The number of ether oxygens (including phenoxy) is 2. The highest BCUT2D eigenvalue weighted by atomic mass is 16.6. The first-order valence-corrected chi connectivity index (χ1v) is 7.21. The topological polar surface area (TPSA) is 52.6 Å². The van der Waals surface area contributed by atoms with Crippen molar-refractivity contribution >= 4 is 11.9 Å². The van der Waals surface area contributed by atoms with Gasteiger partial charge in [-0.25, -0.2) is 0 Å².